The predicted octanol–water partition coefficient (Wildman–Crippen LogP) is 2.61. The van der Waals surface area contributed by atoms with Crippen molar-refractivity contribution in [3.8, 4) is 0 Å². The third-order valence-electron chi connectivity index (χ3n) is 3.19. The number of ketones is 1. The minimum atomic E-state index is -1.37. The summed E-state index contributed by atoms with van der Waals surface area (Å²) in [5.41, 5.74) is -0.947. The lowest BCUT2D eigenvalue weighted by Crippen LogP contribution is -2.65. The number of alkyl halides is 1. The molecule has 3 heteroatoms. The van der Waals surface area contributed by atoms with Crippen molar-refractivity contribution in [3.05, 3.63) is 0 Å². The van der Waals surface area contributed by atoms with Crippen molar-refractivity contribution < 1.29 is 9.18 Å². The van der Waals surface area contributed by atoms with Crippen molar-refractivity contribution >= 4 is 5.78 Å². The second kappa shape index (κ2) is 4.20. The molecule has 1 aliphatic rings. The van der Waals surface area contributed by atoms with Crippen molar-refractivity contribution in [1.82, 2.24) is 5.32 Å². The lowest BCUT2D eigenvalue weighted by atomic mass is 9.77. The molecular weight excluding hydrogens is 193 g/mol. The highest BCUT2D eigenvalue weighted by atomic mass is 19.1. The van der Waals surface area contributed by atoms with E-state index in [0.717, 1.165) is 19.3 Å². The Hall–Kier alpha value is -0.440. The van der Waals surface area contributed by atoms with Gasteiger partial charge < -0.3 is 5.32 Å². The number of carbonyl (C=O) groups is 1. The Labute approximate surface area is 91.6 Å². The van der Waals surface area contributed by atoms with Crippen molar-refractivity contribution in [2.24, 2.45) is 0 Å². The van der Waals surface area contributed by atoms with Gasteiger partial charge in [-0.25, -0.2) is 4.39 Å². The summed E-state index contributed by atoms with van der Waals surface area (Å²) < 4.78 is 13.6. The number of carbonyl (C=O) groups excluding carboxylic acids is 1. The zero-order valence-corrected chi connectivity index (χ0v) is 10.2. The van der Waals surface area contributed by atoms with E-state index >= 15 is 0 Å². The molecule has 1 rings (SSSR count). The van der Waals surface area contributed by atoms with Gasteiger partial charge in [-0.15, -0.1) is 0 Å². The number of hydrogen-bond donors (Lipinski definition) is 1. The van der Waals surface area contributed by atoms with Gasteiger partial charge in [0.15, 0.2) is 12.0 Å². The molecule has 0 aromatic rings. The third kappa shape index (κ3) is 2.77. The van der Waals surface area contributed by atoms with Crippen LogP contribution in [0.15, 0.2) is 0 Å². The Morgan fingerprint density at radius 2 is 2.07 bits per heavy atom. The highest BCUT2D eigenvalue weighted by Crippen LogP contribution is 2.31. The number of unbranched alkanes of at least 4 members (excludes halogenated alkanes) is 1. The molecule has 2 atom stereocenters. The summed E-state index contributed by atoms with van der Waals surface area (Å²) >= 11 is 0. The van der Waals surface area contributed by atoms with Crippen LogP contribution in [0.3, 0.4) is 0 Å². The minimum Gasteiger partial charge on any atom is -0.303 e. The van der Waals surface area contributed by atoms with Crippen LogP contribution in [0.1, 0.15) is 53.4 Å². The van der Waals surface area contributed by atoms with Crippen molar-refractivity contribution in [3.63, 3.8) is 0 Å². The first-order chi connectivity index (χ1) is 6.81. The predicted molar refractivity (Wildman–Crippen MR) is 59.7 cm³/mol. The maximum absolute atomic E-state index is 13.6. The molecule has 88 valence electrons. The topological polar surface area (TPSA) is 29.1 Å². The summed E-state index contributed by atoms with van der Waals surface area (Å²) in [5.74, 6) is -0.252. The highest BCUT2D eigenvalue weighted by Gasteiger charge is 2.46. The summed E-state index contributed by atoms with van der Waals surface area (Å²) in [6, 6.07) is 0. The molecule has 0 saturated carbocycles. The lowest BCUT2D eigenvalue weighted by molar-refractivity contribution is -0.132. The first kappa shape index (κ1) is 12.6. The molecule has 1 saturated heterocycles. The summed E-state index contributed by atoms with van der Waals surface area (Å²) in [5, 5.41) is 3.29. The standard InChI is InChI=1S/C12H22FNO/c1-5-6-7-12(4)8-9(15)10(13)11(2,3)14-12/h10,14H,5-8H2,1-4H3/t10-,12?/m0/s1. The Morgan fingerprint density at radius 1 is 1.47 bits per heavy atom. The molecule has 1 aliphatic heterocycles. The van der Waals surface area contributed by atoms with Crippen LogP contribution in [0.4, 0.5) is 4.39 Å². The van der Waals surface area contributed by atoms with E-state index in [1.54, 1.807) is 13.8 Å². The normalized spacial score (nSPS) is 35.5. The average molecular weight is 215 g/mol. The van der Waals surface area contributed by atoms with Gasteiger partial charge in [0.2, 0.25) is 0 Å². The van der Waals surface area contributed by atoms with E-state index in [-0.39, 0.29) is 11.3 Å². The van der Waals surface area contributed by atoms with Gasteiger partial charge in [0.25, 0.3) is 0 Å². The molecule has 0 radical (unpaired) electrons. The molecule has 1 unspecified atom stereocenters. The zero-order valence-electron chi connectivity index (χ0n) is 10.2. The van der Waals surface area contributed by atoms with Gasteiger partial charge in [-0.1, -0.05) is 19.8 Å². The molecule has 0 bridgehead atoms. The van der Waals surface area contributed by atoms with Gasteiger partial charge in [-0.3, -0.25) is 4.79 Å². The Kier molecular flexibility index (Phi) is 3.54. The fraction of sp³-hybridized carbons (Fsp3) is 0.917. The molecule has 2 nitrogen and oxygen atoms in total. The van der Waals surface area contributed by atoms with E-state index < -0.39 is 11.7 Å². The lowest BCUT2D eigenvalue weighted by Gasteiger charge is -2.45. The highest BCUT2D eigenvalue weighted by molar-refractivity contribution is 5.86. The maximum Gasteiger partial charge on any atom is 0.176 e. The van der Waals surface area contributed by atoms with E-state index in [2.05, 4.69) is 12.2 Å². The number of Topliss-reactive ketones (excluding diaryl/α,β-unsaturated/α-hetero) is 1. The van der Waals surface area contributed by atoms with E-state index in [4.69, 9.17) is 0 Å². The molecule has 0 aromatic heterocycles. The third-order valence-corrected chi connectivity index (χ3v) is 3.19. The van der Waals surface area contributed by atoms with E-state index in [9.17, 15) is 9.18 Å². The van der Waals surface area contributed by atoms with Crippen LogP contribution in [0.5, 0.6) is 0 Å². The fourth-order valence-corrected chi connectivity index (χ4v) is 2.48. The number of piperidine rings is 1. The van der Waals surface area contributed by atoms with Crippen LogP contribution in [-0.4, -0.2) is 23.0 Å². The summed E-state index contributed by atoms with van der Waals surface area (Å²) in [7, 11) is 0. The number of halogens is 1. The second-order valence-electron chi connectivity index (χ2n) is 5.52. The Bertz CT molecular complexity index is 252. The van der Waals surface area contributed by atoms with Gasteiger partial charge in [0, 0.05) is 12.0 Å². The monoisotopic (exact) mass is 215 g/mol. The molecule has 0 aromatic carbocycles. The Balaban J connectivity index is 2.74. The van der Waals surface area contributed by atoms with Crippen molar-refractivity contribution in [2.75, 3.05) is 0 Å². The Morgan fingerprint density at radius 3 is 2.53 bits per heavy atom. The smallest absolute Gasteiger partial charge is 0.176 e. The molecular formula is C12H22FNO. The van der Waals surface area contributed by atoms with E-state index in [0.29, 0.717) is 6.42 Å². The van der Waals surface area contributed by atoms with Crippen LogP contribution in [0.2, 0.25) is 0 Å². The number of rotatable bonds is 3. The molecule has 1 N–H and O–H groups in total. The second-order valence-corrected chi connectivity index (χ2v) is 5.52. The van der Waals surface area contributed by atoms with Gasteiger partial charge in [-0.05, 0) is 27.2 Å². The fourth-order valence-electron chi connectivity index (χ4n) is 2.48. The van der Waals surface area contributed by atoms with Gasteiger partial charge >= 0.3 is 0 Å². The van der Waals surface area contributed by atoms with Crippen LogP contribution in [0, 0.1) is 0 Å². The SMILES string of the molecule is CCCCC1(C)CC(=O)[C@H](F)C(C)(C)N1. The average Bonchev–Trinajstić information content (AvgIpc) is 2.10. The first-order valence-corrected chi connectivity index (χ1v) is 5.77. The quantitative estimate of drug-likeness (QED) is 0.784. The number of hydrogen-bond acceptors (Lipinski definition) is 2. The van der Waals surface area contributed by atoms with Crippen molar-refractivity contribution in [1.29, 1.82) is 0 Å². The van der Waals surface area contributed by atoms with E-state index in [1.807, 2.05) is 6.92 Å². The maximum atomic E-state index is 13.6. The molecule has 1 fully saturated rings. The first-order valence-electron chi connectivity index (χ1n) is 5.77. The van der Waals surface area contributed by atoms with Crippen LogP contribution >= 0.6 is 0 Å². The van der Waals surface area contributed by atoms with Gasteiger partial charge in [-0.2, -0.15) is 0 Å². The number of nitrogens with one attached hydrogen (secondary N) is 1. The molecule has 0 aliphatic carbocycles. The minimum absolute atomic E-state index is 0.223. The summed E-state index contributed by atoms with van der Waals surface area (Å²) in [4.78, 5) is 11.6. The van der Waals surface area contributed by atoms with E-state index in [1.165, 1.54) is 0 Å². The van der Waals surface area contributed by atoms with Crippen LogP contribution < -0.4 is 5.32 Å². The van der Waals surface area contributed by atoms with Crippen molar-refractivity contribution in [2.45, 2.75) is 70.6 Å². The molecule has 0 spiro atoms. The van der Waals surface area contributed by atoms with Gasteiger partial charge in [0.1, 0.15) is 0 Å². The molecule has 15 heavy (non-hydrogen) atoms. The summed E-state index contributed by atoms with van der Waals surface area (Å²) in [6.45, 7) is 7.67. The molecule has 0 amide bonds. The van der Waals surface area contributed by atoms with Gasteiger partial charge in [0.05, 0.1) is 5.54 Å². The van der Waals surface area contributed by atoms with Crippen LogP contribution in [-0.2, 0) is 4.79 Å². The molecule has 1 heterocycles. The zero-order chi connectivity index (χ0) is 11.7. The largest absolute Gasteiger partial charge is 0.303 e. The van der Waals surface area contributed by atoms with Crippen LogP contribution in [0.25, 0.3) is 0 Å². The summed E-state index contributed by atoms with van der Waals surface area (Å²) in [6.07, 6.45) is 2.06.